The van der Waals surface area contributed by atoms with Gasteiger partial charge in [0.1, 0.15) is 0 Å². The van der Waals surface area contributed by atoms with Crippen molar-refractivity contribution in [2.24, 2.45) is 5.92 Å². The van der Waals surface area contributed by atoms with Crippen molar-refractivity contribution < 1.29 is 4.79 Å². The average Bonchev–Trinajstić information content (AvgIpc) is 2.15. The number of nitrogens with zero attached hydrogens (tertiary/aromatic N) is 2. The summed E-state index contributed by atoms with van der Waals surface area (Å²) in [6, 6.07) is 0.189. The molecule has 0 aromatic heterocycles. The minimum atomic E-state index is 0.189. The minimum Gasteiger partial charge on any atom is -0.328 e. The van der Waals surface area contributed by atoms with Gasteiger partial charge in [0.2, 0.25) is 0 Å². The standard InChI is InChI=1S/C10H20N2O/c1-4-11(3)10(13)12-7-5-6-9(2)8-12/h9H,4-8H2,1-3H3. The molecule has 1 saturated heterocycles. The van der Waals surface area contributed by atoms with Gasteiger partial charge in [0, 0.05) is 26.7 Å². The molecule has 13 heavy (non-hydrogen) atoms. The average molecular weight is 184 g/mol. The molecule has 1 aliphatic rings. The van der Waals surface area contributed by atoms with Crippen LogP contribution in [0, 0.1) is 5.92 Å². The van der Waals surface area contributed by atoms with E-state index in [1.165, 1.54) is 6.42 Å². The first-order valence-electron chi connectivity index (χ1n) is 5.15. The molecule has 0 aliphatic carbocycles. The molecule has 1 atom stereocenters. The lowest BCUT2D eigenvalue weighted by Gasteiger charge is -2.33. The molecule has 1 fully saturated rings. The summed E-state index contributed by atoms with van der Waals surface area (Å²) in [4.78, 5) is 15.5. The second-order valence-electron chi connectivity index (χ2n) is 3.99. The Morgan fingerprint density at radius 1 is 1.62 bits per heavy atom. The fourth-order valence-corrected chi connectivity index (χ4v) is 1.74. The Morgan fingerprint density at radius 2 is 2.31 bits per heavy atom. The van der Waals surface area contributed by atoms with Gasteiger partial charge < -0.3 is 9.80 Å². The summed E-state index contributed by atoms with van der Waals surface area (Å²) in [5.41, 5.74) is 0. The molecule has 0 bridgehead atoms. The molecule has 0 aromatic rings. The first kappa shape index (κ1) is 10.4. The third kappa shape index (κ3) is 2.61. The summed E-state index contributed by atoms with van der Waals surface area (Å²) in [6.45, 7) is 6.89. The molecule has 0 aromatic carbocycles. The lowest BCUT2D eigenvalue weighted by molar-refractivity contribution is 0.141. The topological polar surface area (TPSA) is 23.6 Å². The molecule has 0 radical (unpaired) electrons. The van der Waals surface area contributed by atoms with Crippen LogP contribution in [-0.4, -0.2) is 42.5 Å². The highest BCUT2D eigenvalue weighted by Gasteiger charge is 2.22. The molecule has 0 N–H and O–H groups in total. The van der Waals surface area contributed by atoms with E-state index in [-0.39, 0.29) is 6.03 Å². The molecule has 1 aliphatic heterocycles. The van der Waals surface area contributed by atoms with E-state index in [0.717, 1.165) is 26.1 Å². The monoisotopic (exact) mass is 184 g/mol. The van der Waals surface area contributed by atoms with E-state index in [0.29, 0.717) is 5.92 Å². The van der Waals surface area contributed by atoms with Crippen LogP contribution in [0.5, 0.6) is 0 Å². The maximum Gasteiger partial charge on any atom is 0.319 e. The van der Waals surface area contributed by atoms with Crippen molar-refractivity contribution in [1.82, 2.24) is 9.80 Å². The zero-order valence-corrected chi connectivity index (χ0v) is 8.92. The fourth-order valence-electron chi connectivity index (χ4n) is 1.74. The molecule has 1 unspecified atom stereocenters. The Bertz CT molecular complexity index is 182. The Morgan fingerprint density at radius 3 is 2.85 bits per heavy atom. The quantitative estimate of drug-likeness (QED) is 0.609. The molecule has 3 heteroatoms. The van der Waals surface area contributed by atoms with Gasteiger partial charge in [0.25, 0.3) is 0 Å². The van der Waals surface area contributed by atoms with Crippen LogP contribution in [-0.2, 0) is 0 Å². The molecule has 0 saturated carbocycles. The summed E-state index contributed by atoms with van der Waals surface area (Å²) in [5.74, 6) is 0.669. The fraction of sp³-hybridized carbons (Fsp3) is 0.900. The van der Waals surface area contributed by atoms with Gasteiger partial charge in [-0.25, -0.2) is 4.79 Å². The van der Waals surface area contributed by atoms with E-state index in [1.807, 2.05) is 18.9 Å². The second kappa shape index (κ2) is 4.49. The Hall–Kier alpha value is -0.730. The largest absolute Gasteiger partial charge is 0.328 e. The molecule has 76 valence electrons. The van der Waals surface area contributed by atoms with Crippen molar-refractivity contribution in [3.63, 3.8) is 0 Å². The van der Waals surface area contributed by atoms with Crippen LogP contribution >= 0.6 is 0 Å². The molecule has 3 nitrogen and oxygen atoms in total. The summed E-state index contributed by atoms with van der Waals surface area (Å²) >= 11 is 0. The number of urea groups is 1. The second-order valence-corrected chi connectivity index (χ2v) is 3.99. The Kier molecular flexibility index (Phi) is 3.58. The molecule has 0 spiro atoms. The highest BCUT2D eigenvalue weighted by atomic mass is 16.2. The lowest BCUT2D eigenvalue weighted by atomic mass is 10.0. The lowest BCUT2D eigenvalue weighted by Crippen LogP contribution is -2.45. The molecule has 1 rings (SSSR count). The number of piperidine rings is 1. The number of carbonyl (C=O) groups is 1. The van der Waals surface area contributed by atoms with E-state index in [9.17, 15) is 4.79 Å². The number of hydrogen-bond donors (Lipinski definition) is 0. The Balaban J connectivity index is 2.46. The van der Waals surface area contributed by atoms with Crippen LogP contribution in [0.2, 0.25) is 0 Å². The van der Waals surface area contributed by atoms with Crippen LogP contribution < -0.4 is 0 Å². The smallest absolute Gasteiger partial charge is 0.319 e. The molecular formula is C10H20N2O. The van der Waals surface area contributed by atoms with Crippen molar-refractivity contribution in [2.75, 3.05) is 26.7 Å². The minimum absolute atomic E-state index is 0.189. The normalized spacial score (nSPS) is 23.0. The maximum atomic E-state index is 11.7. The summed E-state index contributed by atoms with van der Waals surface area (Å²) < 4.78 is 0. The third-order valence-electron chi connectivity index (χ3n) is 2.73. The molecule has 1 heterocycles. The molecule has 2 amide bonds. The Labute approximate surface area is 80.7 Å². The first-order valence-corrected chi connectivity index (χ1v) is 5.15. The number of hydrogen-bond acceptors (Lipinski definition) is 1. The number of rotatable bonds is 1. The van der Waals surface area contributed by atoms with Crippen molar-refractivity contribution in [2.45, 2.75) is 26.7 Å². The van der Waals surface area contributed by atoms with Gasteiger partial charge in [0.05, 0.1) is 0 Å². The van der Waals surface area contributed by atoms with Crippen LogP contribution in [0.15, 0.2) is 0 Å². The van der Waals surface area contributed by atoms with Gasteiger partial charge >= 0.3 is 6.03 Å². The van der Waals surface area contributed by atoms with Crippen molar-refractivity contribution in [1.29, 1.82) is 0 Å². The van der Waals surface area contributed by atoms with Gasteiger partial charge in [-0.05, 0) is 25.7 Å². The zero-order chi connectivity index (χ0) is 9.84. The third-order valence-corrected chi connectivity index (χ3v) is 2.73. The van der Waals surface area contributed by atoms with E-state index >= 15 is 0 Å². The van der Waals surface area contributed by atoms with Gasteiger partial charge in [-0.1, -0.05) is 6.92 Å². The van der Waals surface area contributed by atoms with Crippen molar-refractivity contribution >= 4 is 6.03 Å². The highest BCUT2D eigenvalue weighted by molar-refractivity contribution is 5.74. The van der Waals surface area contributed by atoms with Gasteiger partial charge in [-0.15, -0.1) is 0 Å². The van der Waals surface area contributed by atoms with Gasteiger partial charge in [0.15, 0.2) is 0 Å². The van der Waals surface area contributed by atoms with E-state index < -0.39 is 0 Å². The highest BCUT2D eigenvalue weighted by Crippen LogP contribution is 2.16. The van der Waals surface area contributed by atoms with E-state index in [4.69, 9.17) is 0 Å². The maximum absolute atomic E-state index is 11.7. The van der Waals surface area contributed by atoms with E-state index in [1.54, 1.807) is 4.90 Å². The van der Waals surface area contributed by atoms with Crippen LogP contribution in [0.25, 0.3) is 0 Å². The first-order chi connectivity index (χ1) is 6.15. The van der Waals surface area contributed by atoms with Crippen LogP contribution in [0.3, 0.4) is 0 Å². The van der Waals surface area contributed by atoms with Crippen molar-refractivity contribution in [3.05, 3.63) is 0 Å². The van der Waals surface area contributed by atoms with Crippen LogP contribution in [0.4, 0.5) is 4.79 Å². The zero-order valence-electron chi connectivity index (χ0n) is 8.92. The van der Waals surface area contributed by atoms with Crippen LogP contribution in [0.1, 0.15) is 26.7 Å². The SMILES string of the molecule is CCN(C)C(=O)N1CCCC(C)C1. The number of likely N-dealkylation sites (tertiary alicyclic amines) is 1. The summed E-state index contributed by atoms with van der Waals surface area (Å²) in [7, 11) is 1.86. The number of amides is 2. The van der Waals surface area contributed by atoms with Crippen molar-refractivity contribution in [3.8, 4) is 0 Å². The summed E-state index contributed by atoms with van der Waals surface area (Å²) in [5, 5.41) is 0. The van der Waals surface area contributed by atoms with E-state index in [2.05, 4.69) is 6.92 Å². The number of carbonyl (C=O) groups excluding carboxylic acids is 1. The molecular weight excluding hydrogens is 164 g/mol. The summed E-state index contributed by atoms with van der Waals surface area (Å²) in [6.07, 6.45) is 2.42. The van der Waals surface area contributed by atoms with Gasteiger partial charge in [-0.2, -0.15) is 0 Å². The predicted molar refractivity (Wildman–Crippen MR) is 53.7 cm³/mol. The predicted octanol–water partition coefficient (Wildman–Crippen LogP) is 1.79. The van der Waals surface area contributed by atoms with Gasteiger partial charge in [-0.3, -0.25) is 0 Å².